The van der Waals surface area contributed by atoms with Crippen LogP contribution < -0.4 is 11.1 Å². The molecule has 0 radical (unpaired) electrons. The van der Waals surface area contributed by atoms with Gasteiger partial charge in [-0.05, 0) is 56.9 Å². The highest BCUT2D eigenvalue weighted by molar-refractivity contribution is 7.90. The molecule has 1 aromatic carbocycles. The number of nitrogens with one attached hydrogen (secondary N) is 1. The lowest BCUT2D eigenvalue weighted by Gasteiger charge is -2.37. The number of aliphatic hydroxyl groups is 1. The fourth-order valence-electron chi connectivity index (χ4n) is 7.50. The molecule has 0 bridgehead atoms. The van der Waals surface area contributed by atoms with Gasteiger partial charge in [-0.25, -0.2) is 18.1 Å². The summed E-state index contributed by atoms with van der Waals surface area (Å²) in [5, 5.41) is 21.7. The summed E-state index contributed by atoms with van der Waals surface area (Å²) in [5.41, 5.74) is 3.12. The second kappa shape index (κ2) is 15.3. The quantitative estimate of drug-likeness (QED) is 0.220. The molecule has 3 aliphatic rings. The van der Waals surface area contributed by atoms with Crippen LogP contribution in [0.2, 0.25) is 0 Å². The molecular formula is C35H47N7O9S. The molecule has 4 amide bonds. The molecule has 5 rings (SSSR count). The lowest BCUT2D eigenvalue weighted by atomic mass is 9.84. The minimum atomic E-state index is -3.55. The van der Waals surface area contributed by atoms with Crippen LogP contribution >= 0.6 is 0 Å². The van der Waals surface area contributed by atoms with E-state index in [4.69, 9.17) is 10.5 Å². The SMILES string of the molecule is Cc1cc(C(=O)N=C(CC2CCCCC2)C(=O)N2C[C@@H](n3nncc3C(C)(C)O)C[C@H]2C(=O)NC2(C(=O)C(N)=O)CCOCC2)ccc1S(C)(=O)=O. The van der Waals surface area contributed by atoms with Crippen LogP contribution in [0.4, 0.5) is 0 Å². The second-order valence-corrected chi connectivity index (χ2v) is 16.7. The molecule has 1 saturated carbocycles. The standard InChI is InChI=1S/C35H47N7O9S/c1-21-16-23(10-11-27(21)52(4,49)50)31(45)38-25(17-22-8-6-5-7-9-22)33(47)41-20-24(42-28(19-37-40-42)34(2,3)48)18-26(41)32(46)39-35(29(43)30(36)44)12-14-51-15-13-35/h10-11,16,19,22,24,26,48H,5-9,12-15,17-18,20H2,1-4H3,(H2,36,44)(H,39,46)/t24-,26-/m0/s1. The Hall–Kier alpha value is -4.35. The van der Waals surface area contributed by atoms with E-state index in [0.717, 1.165) is 38.4 Å². The number of ketones is 1. The van der Waals surface area contributed by atoms with Crippen LogP contribution in [0.25, 0.3) is 0 Å². The topological polar surface area (TPSA) is 233 Å². The molecule has 16 nitrogen and oxygen atoms in total. The number of carbonyl (C=O) groups excluding carboxylic acids is 5. The zero-order valence-electron chi connectivity index (χ0n) is 30.0. The number of nitrogens with zero attached hydrogens (tertiary/aromatic N) is 5. The number of carbonyl (C=O) groups is 5. The van der Waals surface area contributed by atoms with Crippen molar-refractivity contribution < 1.29 is 42.2 Å². The molecule has 2 aromatic rings. The van der Waals surface area contributed by atoms with E-state index in [1.807, 2.05) is 0 Å². The van der Waals surface area contributed by atoms with Crippen molar-refractivity contribution in [3.63, 3.8) is 0 Å². The van der Waals surface area contributed by atoms with E-state index in [0.29, 0.717) is 11.3 Å². The first-order chi connectivity index (χ1) is 24.4. The average molecular weight is 742 g/mol. The normalized spacial score (nSPS) is 21.5. The van der Waals surface area contributed by atoms with E-state index in [2.05, 4.69) is 20.6 Å². The predicted octanol–water partition coefficient (Wildman–Crippen LogP) is 1.33. The van der Waals surface area contributed by atoms with Gasteiger partial charge in [0.25, 0.3) is 17.7 Å². The molecule has 282 valence electrons. The summed E-state index contributed by atoms with van der Waals surface area (Å²) in [4.78, 5) is 73.5. The Labute approximate surface area is 302 Å². The maximum absolute atomic E-state index is 14.7. The van der Waals surface area contributed by atoms with Crippen LogP contribution in [0.5, 0.6) is 0 Å². The number of aryl methyl sites for hydroxylation is 1. The van der Waals surface area contributed by atoms with Crippen LogP contribution in [-0.4, -0.2) is 106 Å². The van der Waals surface area contributed by atoms with E-state index < -0.39 is 62.5 Å². The van der Waals surface area contributed by atoms with Crippen LogP contribution in [0.15, 0.2) is 34.3 Å². The van der Waals surface area contributed by atoms with Crippen molar-refractivity contribution >= 4 is 45.0 Å². The molecule has 1 aliphatic carbocycles. The number of likely N-dealkylation sites (tertiary alicyclic amines) is 1. The smallest absolute Gasteiger partial charge is 0.287 e. The summed E-state index contributed by atoms with van der Waals surface area (Å²) >= 11 is 0. The van der Waals surface area contributed by atoms with Crippen molar-refractivity contribution in [1.82, 2.24) is 25.2 Å². The molecule has 0 unspecified atom stereocenters. The third-order valence-electron chi connectivity index (χ3n) is 10.3. The fraction of sp³-hybridized carbons (Fsp3) is 0.600. The molecule has 1 aromatic heterocycles. The van der Waals surface area contributed by atoms with Gasteiger partial charge in [0, 0.05) is 50.8 Å². The Balaban J connectivity index is 1.54. The summed E-state index contributed by atoms with van der Waals surface area (Å²) < 4.78 is 31.2. The number of primary amides is 1. The number of benzene rings is 1. The molecular weight excluding hydrogens is 694 g/mol. The van der Waals surface area contributed by atoms with E-state index in [-0.39, 0.29) is 67.5 Å². The summed E-state index contributed by atoms with van der Waals surface area (Å²) in [5.74, 6) is -4.25. The molecule has 2 aliphatic heterocycles. The van der Waals surface area contributed by atoms with Gasteiger partial charge in [0.15, 0.2) is 9.84 Å². The highest BCUT2D eigenvalue weighted by Crippen LogP contribution is 2.34. The average Bonchev–Trinajstić information content (AvgIpc) is 3.76. The summed E-state index contributed by atoms with van der Waals surface area (Å²) in [6.45, 7) is 4.78. The summed E-state index contributed by atoms with van der Waals surface area (Å²) in [6, 6.07) is 2.24. The van der Waals surface area contributed by atoms with Crippen molar-refractivity contribution in [2.24, 2.45) is 16.6 Å². The first-order valence-electron chi connectivity index (χ1n) is 17.5. The van der Waals surface area contributed by atoms with E-state index in [9.17, 15) is 37.5 Å². The third-order valence-corrected chi connectivity index (χ3v) is 11.5. The summed E-state index contributed by atoms with van der Waals surface area (Å²) in [7, 11) is -3.55. The monoisotopic (exact) mass is 741 g/mol. The first kappa shape index (κ1) is 38.9. The molecule has 3 heterocycles. The zero-order valence-corrected chi connectivity index (χ0v) is 30.8. The number of sulfone groups is 1. The number of rotatable bonds is 11. The Morgan fingerprint density at radius 3 is 2.38 bits per heavy atom. The van der Waals surface area contributed by atoms with Crippen LogP contribution in [-0.2, 0) is 39.4 Å². The van der Waals surface area contributed by atoms with Gasteiger partial charge in [-0.1, -0.05) is 37.3 Å². The number of Topliss-reactive ketones (excluding diaryl/α,β-unsaturated/α-hetero) is 1. The van der Waals surface area contributed by atoms with Crippen molar-refractivity contribution in [3.8, 4) is 0 Å². The van der Waals surface area contributed by atoms with Gasteiger partial charge >= 0.3 is 0 Å². The van der Waals surface area contributed by atoms with Gasteiger partial charge in [-0.2, -0.15) is 0 Å². The van der Waals surface area contributed by atoms with Crippen molar-refractivity contribution in [3.05, 3.63) is 41.2 Å². The predicted molar refractivity (Wildman–Crippen MR) is 187 cm³/mol. The highest BCUT2D eigenvalue weighted by atomic mass is 32.2. The van der Waals surface area contributed by atoms with Crippen LogP contribution in [0.3, 0.4) is 0 Å². The number of ether oxygens (including phenoxy) is 1. The Kier molecular flexibility index (Phi) is 11.5. The summed E-state index contributed by atoms with van der Waals surface area (Å²) in [6.07, 6.45) is 7.23. The number of aliphatic imine (C=N–C) groups is 1. The minimum absolute atomic E-state index is 0.00183. The van der Waals surface area contributed by atoms with Crippen LogP contribution in [0, 0.1) is 12.8 Å². The highest BCUT2D eigenvalue weighted by Gasteiger charge is 2.49. The molecule has 17 heteroatoms. The van der Waals surface area contributed by atoms with Gasteiger partial charge in [0.1, 0.15) is 22.9 Å². The van der Waals surface area contributed by atoms with Crippen molar-refractivity contribution in [1.29, 1.82) is 0 Å². The number of amides is 4. The van der Waals surface area contributed by atoms with E-state index in [1.54, 1.807) is 20.8 Å². The van der Waals surface area contributed by atoms with Gasteiger partial charge in [-0.3, -0.25) is 24.0 Å². The maximum atomic E-state index is 14.7. The van der Waals surface area contributed by atoms with Gasteiger partial charge in [-0.15, -0.1) is 5.10 Å². The molecule has 2 saturated heterocycles. The van der Waals surface area contributed by atoms with E-state index >= 15 is 0 Å². The molecule has 2 atom stereocenters. The zero-order chi connectivity index (χ0) is 38.0. The Morgan fingerprint density at radius 2 is 1.79 bits per heavy atom. The lowest BCUT2D eigenvalue weighted by Crippen LogP contribution is -2.63. The number of hydrogen-bond acceptors (Lipinski definition) is 11. The van der Waals surface area contributed by atoms with Crippen molar-refractivity contribution in [2.45, 2.75) is 107 Å². The Morgan fingerprint density at radius 1 is 1.12 bits per heavy atom. The molecule has 4 N–H and O–H groups in total. The maximum Gasteiger partial charge on any atom is 0.287 e. The number of hydrogen-bond donors (Lipinski definition) is 3. The fourth-order valence-corrected chi connectivity index (χ4v) is 8.46. The van der Waals surface area contributed by atoms with E-state index in [1.165, 1.54) is 34.0 Å². The van der Waals surface area contributed by atoms with Gasteiger partial charge in [0.2, 0.25) is 11.7 Å². The number of nitrogens with two attached hydrogens (primary N) is 1. The lowest BCUT2D eigenvalue weighted by molar-refractivity contribution is -0.146. The Bertz CT molecular complexity index is 1870. The van der Waals surface area contributed by atoms with Gasteiger partial charge < -0.3 is 25.8 Å². The molecule has 52 heavy (non-hydrogen) atoms. The molecule has 0 spiro atoms. The molecule has 3 fully saturated rings. The first-order valence-corrected chi connectivity index (χ1v) is 19.4. The van der Waals surface area contributed by atoms with Gasteiger partial charge in [0.05, 0.1) is 22.8 Å². The van der Waals surface area contributed by atoms with Crippen LogP contribution in [0.1, 0.15) is 99.3 Å². The van der Waals surface area contributed by atoms with Crippen molar-refractivity contribution in [2.75, 3.05) is 26.0 Å². The second-order valence-electron chi connectivity index (χ2n) is 14.7. The number of aromatic nitrogens is 3. The largest absolute Gasteiger partial charge is 0.384 e. The minimum Gasteiger partial charge on any atom is -0.384 e. The third kappa shape index (κ3) is 8.47.